The molecule has 1 fully saturated rings. The van der Waals surface area contributed by atoms with Gasteiger partial charge in [-0.2, -0.15) is 5.10 Å². The van der Waals surface area contributed by atoms with Gasteiger partial charge in [0.2, 0.25) is 5.91 Å². The summed E-state index contributed by atoms with van der Waals surface area (Å²) in [5.74, 6) is -0.885. The highest BCUT2D eigenvalue weighted by Gasteiger charge is 2.36. The van der Waals surface area contributed by atoms with Crippen LogP contribution in [0.4, 0.5) is 16.2 Å². The molecule has 2 aliphatic rings. The number of benzene rings is 2. The second kappa shape index (κ2) is 19.0. The normalized spacial score (nSPS) is 17.3. The number of H-pyrrole nitrogens is 1. The number of rotatable bonds is 13. The van der Waals surface area contributed by atoms with Crippen molar-refractivity contribution in [2.75, 3.05) is 43.5 Å². The molecule has 3 amide bonds. The Bertz CT molecular complexity index is 1810. The molecule has 1 aliphatic carbocycles. The van der Waals surface area contributed by atoms with Crippen molar-refractivity contribution in [2.45, 2.75) is 77.3 Å². The van der Waals surface area contributed by atoms with Crippen molar-refractivity contribution in [3.05, 3.63) is 64.6 Å². The molecule has 8 N–H and O–H groups in total. The molecule has 17 heteroatoms. The summed E-state index contributed by atoms with van der Waals surface area (Å²) in [6.45, 7) is 4.41. The molecule has 1 aliphatic heterocycles. The summed E-state index contributed by atoms with van der Waals surface area (Å²) in [5, 5.41) is 60.0. The van der Waals surface area contributed by atoms with Crippen LogP contribution < -0.4 is 21.3 Å². The van der Waals surface area contributed by atoms with Gasteiger partial charge in [-0.15, -0.1) is 0 Å². The third kappa shape index (κ3) is 10.9. The number of likely N-dealkylation sites (N-methyl/N-ethyl adjacent to an activating group) is 1. The predicted octanol–water partition coefficient (Wildman–Crippen LogP) is 1.45. The van der Waals surface area contributed by atoms with E-state index in [1.54, 1.807) is 31.3 Å². The van der Waals surface area contributed by atoms with Crippen LogP contribution in [-0.4, -0.2) is 122 Å². The Hall–Kier alpha value is -4.78. The number of aliphatic hydroxyl groups excluding tert-OH is 5. The minimum atomic E-state index is -1.55. The van der Waals surface area contributed by atoms with E-state index < -0.39 is 54.1 Å². The van der Waals surface area contributed by atoms with Crippen LogP contribution in [0.15, 0.2) is 62.9 Å². The Labute approximate surface area is 312 Å². The van der Waals surface area contributed by atoms with Gasteiger partial charge in [-0.1, -0.05) is 75.5 Å². The van der Waals surface area contributed by atoms with E-state index >= 15 is 0 Å². The molecular formula is C37H51N7O10. The number of hydrazone groups is 1. The number of nitrogens with one attached hydrogen (secondary N) is 3. The van der Waals surface area contributed by atoms with Crippen molar-refractivity contribution in [2.24, 2.45) is 16.4 Å². The molecule has 1 aromatic heterocycles. The summed E-state index contributed by atoms with van der Waals surface area (Å²) < 4.78 is 4.57. The Kier molecular flexibility index (Phi) is 14.8. The third-order valence-electron chi connectivity index (χ3n) is 9.17. The Morgan fingerprint density at radius 3 is 2.28 bits per heavy atom. The van der Waals surface area contributed by atoms with Crippen LogP contribution >= 0.6 is 0 Å². The van der Waals surface area contributed by atoms with Gasteiger partial charge in [0.25, 0.3) is 0 Å². The van der Waals surface area contributed by atoms with Crippen LogP contribution in [0.2, 0.25) is 0 Å². The van der Waals surface area contributed by atoms with Gasteiger partial charge in [0.15, 0.2) is 11.6 Å². The second-order valence-electron chi connectivity index (χ2n) is 14.4. The first-order valence-electron chi connectivity index (χ1n) is 17.9. The van der Waals surface area contributed by atoms with Crippen molar-refractivity contribution >= 4 is 34.8 Å². The largest absolute Gasteiger partial charge is 0.439 e. The van der Waals surface area contributed by atoms with Gasteiger partial charge in [-0.3, -0.25) is 24.0 Å². The fourth-order valence-electron chi connectivity index (χ4n) is 6.04. The number of carbonyl (C=O) groups excluding carboxylic acids is 3. The van der Waals surface area contributed by atoms with E-state index in [1.807, 2.05) is 45.0 Å². The number of nitrogens with zero attached hydrogens (tertiary/aromatic N) is 4. The number of urea groups is 1. The molecular weight excluding hydrogens is 702 g/mol. The summed E-state index contributed by atoms with van der Waals surface area (Å²) in [5.41, 5.74) is 2.53. The standard InChI is InChI=1S/C30H34N6O5.C7H17NO5/c1-30(2,3)24(37)17-35-23-15-8-7-14-22(23)26(19-10-5-4-6-11-19)33-36(29(35)40)18-25(38)31-21-13-9-12-20(16-21)27-32-28(39)41-34-27;1-8-2-4(10)6(12)7(13)5(11)3-9/h7-9,12-16,19H,4-6,10-11,17-18H2,1-3H3,(H,31,38)(H,32,34,39);4-13H,2-3H2,1H3/t;4-,5+,6+,7+/m.0/s1. The lowest BCUT2D eigenvalue weighted by Crippen LogP contribution is -2.48. The zero-order valence-corrected chi connectivity index (χ0v) is 30.9. The van der Waals surface area contributed by atoms with E-state index in [0.29, 0.717) is 16.9 Å². The average molecular weight is 754 g/mol. The van der Waals surface area contributed by atoms with Gasteiger partial charge in [0.05, 0.1) is 30.7 Å². The highest BCUT2D eigenvalue weighted by Crippen LogP contribution is 2.34. The van der Waals surface area contributed by atoms with Gasteiger partial charge < -0.3 is 36.2 Å². The van der Waals surface area contributed by atoms with E-state index in [1.165, 1.54) is 9.91 Å². The lowest BCUT2D eigenvalue weighted by Gasteiger charge is -2.28. The number of fused-ring (bicyclic) bond motifs is 1. The van der Waals surface area contributed by atoms with Crippen LogP contribution in [0.1, 0.15) is 58.4 Å². The summed E-state index contributed by atoms with van der Waals surface area (Å²) in [7, 11) is 1.57. The van der Waals surface area contributed by atoms with E-state index in [-0.39, 0.29) is 37.2 Å². The monoisotopic (exact) mass is 753 g/mol. The molecule has 0 bridgehead atoms. The first kappa shape index (κ1) is 42.0. The van der Waals surface area contributed by atoms with Crippen LogP contribution in [-0.2, 0) is 9.59 Å². The molecule has 4 atom stereocenters. The quantitative estimate of drug-likeness (QED) is 0.124. The minimum absolute atomic E-state index is 0.0936. The fourth-order valence-corrected chi connectivity index (χ4v) is 6.04. The molecule has 0 saturated heterocycles. The Morgan fingerprint density at radius 1 is 0.963 bits per heavy atom. The molecule has 294 valence electrons. The number of hydrogen-bond acceptors (Lipinski definition) is 13. The average Bonchev–Trinajstić information content (AvgIpc) is 3.56. The number of carbonyl (C=O) groups is 3. The van der Waals surface area contributed by atoms with E-state index in [9.17, 15) is 24.3 Å². The summed E-state index contributed by atoms with van der Waals surface area (Å²) in [6, 6.07) is 13.7. The van der Waals surface area contributed by atoms with Gasteiger partial charge in [-0.25, -0.2) is 14.6 Å². The van der Waals surface area contributed by atoms with E-state index in [4.69, 9.17) is 25.5 Å². The maximum atomic E-state index is 14.0. The number of hydrogen-bond donors (Lipinski definition) is 8. The van der Waals surface area contributed by atoms with Crippen molar-refractivity contribution in [3.63, 3.8) is 0 Å². The number of ketones is 1. The molecule has 17 nitrogen and oxygen atoms in total. The van der Waals surface area contributed by atoms with Gasteiger partial charge >= 0.3 is 11.8 Å². The minimum Gasteiger partial charge on any atom is -0.394 e. The number of anilines is 2. The smallest absolute Gasteiger partial charge is 0.394 e. The Balaban J connectivity index is 0.000000428. The maximum Gasteiger partial charge on any atom is 0.439 e. The molecule has 5 rings (SSSR count). The SMILES string of the molecule is CC(C)(C)C(=O)CN1C(=O)N(CC(=O)Nc2cccc(-c3noc(=O)[nH]3)c2)N=C(C2CCCCC2)c2ccccc21.CNC[C@H](O)[C@@H](O)[C@H](O)[C@H](O)CO. The zero-order chi connectivity index (χ0) is 39.6. The molecule has 54 heavy (non-hydrogen) atoms. The molecule has 3 aromatic rings. The maximum absolute atomic E-state index is 14.0. The molecule has 0 radical (unpaired) electrons. The van der Waals surface area contributed by atoms with Gasteiger partial charge in [-0.05, 0) is 38.1 Å². The topological polar surface area (TPSA) is 254 Å². The summed E-state index contributed by atoms with van der Waals surface area (Å²) >= 11 is 0. The number of aliphatic hydroxyl groups is 5. The number of aromatic amines is 1. The van der Waals surface area contributed by atoms with Crippen molar-refractivity contribution in [1.82, 2.24) is 20.5 Å². The van der Waals surface area contributed by atoms with E-state index in [2.05, 4.69) is 25.3 Å². The summed E-state index contributed by atoms with van der Waals surface area (Å²) in [6.07, 6.45) is -0.465. The van der Waals surface area contributed by atoms with Crippen LogP contribution in [0, 0.1) is 11.3 Å². The number of para-hydroxylation sites is 1. The number of Topliss-reactive ketones (excluding diaryl/α,β-unsaturated/α-hetero) is 1. The second-order valence-corrected chi connectivity index (χ2v) is 14.4. The predicted molar refractivity (Wildman–Crippen MR) is 200 cm³/mol. The highest BCUT2D eigenvalue weighted by molar-refractivity contribution is 6.13. The van der Waals surface area contributed by atoms with Gasteiger partial charge in [0, 0.05) is 34.7 Å². The first-order chi connectivity index (χ1) is 25.6. The molecule has 2 aromatic carbocycles. The highest BCUT2D eigenvalue weighted by atomic mass is 16.5. The zero-order valence-electron chi connectivity index (χ0n) is 30.9. The van der Waals surface area contributed by atoms with Crippen molar-refractivity contribution < 1.29 is 44.4 Å². The molecule has 0 unspecified atom stereocenters. The van der Waals surface area contributed by atoms with Crippen LogP contribution in [0.3, 0.4) is 0 Å². The fraction of sp³-hybridized carbons (Fsp3) is 0.514. The van der Waals surface area contributed by atoms with Crippen molar-refractivity contribution in [3.8, 4) is 11.4 Å². The van der Waals surface area contributed by atoms with Crippen LogP contribution in [0.5, 0.6) is 0 Å². The lowest BCUT2D eigenvalue weighted by atomic mass is 9.83. The van der Waals surface area contributed by atoms with E-state index in [0.717, 1.165) is 43.4 Å². The third-order valence-corrected chi connectivity index (χ3v) is 9.17. The lowest BCUT2D eigenvalue weighted by molar-refractivity contribution is -0.124. The first-order valence-corrected chi connectivity index (χ1v) is 17.9. The van der Waals surface area contributed by atoms with Crippen molar-refractivity contribution in [1.29, 1.82) is 0 Å². The van der Waals surface area contributed by atoms with Crippen LogP contribution in [0.25, 0.3) is 11.4 Å². The number of aromatic nitrogens is 2. The van der Waals surface area contributed by atoms with Gasteiger partial charge in [0.1, 0.15) is 24.9 Å². The molecule has 1 saturated carbocycles. The molecule has 2 heterocycles. The summed E-state index contributed by atoms with van der Waals surface area (Å²) in [4.78, 5) is 55.7. The Morgan fingerprint density at radius 2 is 1.65 bits per heavy atom. The molecule has 0 spiro atoms. The number of amides is 3.